The molecular formula is C20H19FN4. The molecule has 1 aliphatic heterocycles. The number of para-hydroxylation sites is 1. The molecule has 0 atom stereocenters. The first-order chi connectivity index (χ1) is 12.3. The molecule has 0 saturated carbocycles. The molecule has 1 aliphatic rings. The first-order valence-electron chi connectivity index (χ1n) is 8.40. The average Bonchev–Trinajstić information content (AvgIpc) is 2.63. The summed E-state index contributed by atoms with van der Waals surface area (Å²) in [6, 6.07) is 16.7. The monoisotopic (exact) mass is 334 g/mol. The average molecular weight is 334 g/mol. The molecule has 0 fully saturated rings. The number of anilines is 2. The number of rotatable bonds is 4. The van der Waals surface area contributed by atoms with E-state index in [2.05, 4.69) is 20.2 Å². The zero-order valence-corrected chi connectivity index (χ0v) is 13.8. The van der Waals surface area contributed by atoms with Crippen LogP contribution in [0.25, 0.3) is 0 Å². The molecule has 126 valence electrons. The fraction of sp³-hybridized carbons (Fsp3) is 0.200. The minimum Gasteiger partial charge on any atom is -0.324 e. The first kappa shape index (κ1) is 15.7. The molecule has 4 nitrogen and oxygen atoms in total. The van der Waals surface area contributed by atoms with Crippen molar-refractivity contribution in [2.24, 2.45) is 0 Å². The van der Waals surface area contributed by atoms with Crippen molar-refractivity contribution >= 4 is 11.6 Å². The molecule has 2 aromatic carbocycles. The van der Waals surface area contributed by atoms with Crippen LogP contribution in [0.5, 0.6) is 0 Å². The van der Waals surface area contributed by atoms with E-state index >= 15 is 0 Å². The van der Waals surface area contributed by atoms with Gasteiger partial charge in [-0.3, -0.25) is 4.90 Å². The van der Waals surface area contributed by atoms with Crippen LogP contribution in [0.3, 0.4) is 0 Å². The van der Waals surface area contributed by atoms with Gasteiger partial charge in [0.1, 0.15) is 5.82 Å². The first-order valence-corrected chi connectivity index (χ1v) is 8.40. The lowest BCUT2D eigenvalue weighted by atomic mass is 10.1. The zero-order valence-electron chi connectivity index (χ0n) is 13.8. The molecule has 0 bridgehead atoms. The quantitative estimate of drug-likeness (QED) is 0.785. The van der Waals surface area contributed by atoms with Gasteiger partial charge in [-0.1, -0.05) is 30.3 Å². The van der Waals surface area contributed by atoms with E-state index in [0.717, 1.165) is 48.6 Å². The Bertz CT molecular complexity index is 867. The van der Waals surface area contributed by atoms with E-state index in [4.69, 9.17) is 0 Å². The summed E-state index contributed by atoms with van der Waals surface area (Å²) in [4.78, 5) is 11.4. The Hall–Kier alpha value is -2.79. The van der Waals surface area contributed by atoms with Crippen LogP contribution >= 0.6 is 0 Å². The van der Waals surface area contributed by atoms with E-state index < -0.39 is 0 Å². The molecule has 0 amide bonds. The third-order valence-electron chi connectivity index (χ3n) is 4.34. The van der Waals surface area contributed by atoms with Gasteiger partial charge in [0, 0.05) is 43.5 Å². The van der Waals surface area contributed by atoms with E-state index in [1.807, 2.05) is 42.6 Å². The maximum absolute atomic E-state index is 13.3. The Labute approximate surface area is 146 Å². The molecule has 1 aromatic heterocycles. The van der Waals surface area contributed by atoms with Gasteiger partial charge in [-0.25, -0.2) is 14.4 Å². The van der Waals surface area contributed by atoms with Gasteiger partial charge in [-0.05, 0) is 29.8 Å². The lowest BCUT2D eigenvalue weighted by molar-refractivity contribution is 0.242. The largest absolute Gasteiger partial charge is 0.324 e. The standard InChI is InChI=1S/C20H19FN4/c21-17-6-4-5-15(11-17)13-25-10-9-19-16(14-25)12-22-20(24-19)23-18-7-2-1-3-8-18/h1-8,11-12H,9-10,13-14H2,(H,22,23,24). The number of fused-ring (bicyclic) bond motifs is 1. The maximum Gasteiger partial charge on any atom is 0.227 e. The van der Waals surface area contributed by atoms with Gasteiger partial charge in [-0.15, -0.1) is 0 Å². The maximum atomic E-state index is 13.3. The van der Waals surface area contributed by atoms with Gasteiger partial charge < -0.3 is 5.32 Å². The number of halogens is 1. The van der Waals surface area contributed by atoms with Crippen LogP contribution in [-0.2, 0) is 19.5 Å². The van der Waals surface area contributed by atoms with E-state index in [0.29, 0.717) is 5.95 Å². The number of hydrogen-bond acceptors (Lipinski definition) is 4. The van der Waals surface area contributed by atoms with Crippen molar-refractivity contribution in [3.63, 3.8) is 0 Å². The molecule has 3 aromatic rings. The highest BCUT2D eigenvalue weighted by atomic mass is 19.1. The molecule has 0 saturated heterocycles. The molecule has 5 heteroatoms. The Morgan fingerprint density at radius 1 is 1.08 bits per heavy atom. The highest BCUT2D eigenvalue weighted by Crippen LogP contribution is 2.21. The number of benzene rings is 2. The second-order valence-corrected chi connectivity index (χ2v) is 6.25. The molecule has 25 heavy (non-hydrogen) atoms. The summed E-state index contributed by atoms with van der Waals surface area (Å²) >= 11 is 0. The fourth-order valence-electron chi connectivity index (χ4n) is 3.11. The third-order valence-corrected chi connectivity index (χ3v) is 4.34. The summed E-state index contributed by atoms with van der Waals surface area (Å²) in [5, 5.41) is 3.23. The van der Waals surface area contributed by atoms with E-state index in [1.165, 1.54) is 6.07 Å². The topological polar surface area (TPSA) is 41.1 Å². The number of aromatic nitrogens is 2. The van der Waals surface area contributed by atoms with Crippen LogP contribution < -0.4 is 5.32 Å². The molecule has 0 spiro atoms. The van der Waals surface area contributed by atoms with Crippen molar-refractivity contribution in [3.05, 3.63) is 83.4 Å². The van der Waals surface area contributed by atoms with Crippen LogP contribution in [0.2, 0.25) is 0 Å². The fourth-order valence-corrected chi connectivity index (χ4v) is 3.11. The number of nitrogens with one attached hydrogen (secondary N) is 1. The van der Waals surface area contributed by atoms with Gasteiger partial charge in [-0.2, -0.15) is 0 Å². The van der Waals surface area contributed by atoms with Crippen LogP contribution in [0.15, 0.2) is 60.8 Å². The Balaban J connectivity index is 1.45. The number of nitrogens with zero attached hydrogens (tertiary/aromatic N) is 3. The number of hydrogen-bond donors (Lipinski definition) is 1. The Morgan fingerprint density at radius 2 is 1.96 bits per heavy atom. The van der Waals surface area contributed by atoms with Crippen LogP contribution in [0, 0.1) is 5.82 Å². The summed E-state index contributed by atoms with van der Waals surface area (Å²) in [6.07, 6.45) is 2.77. The van der Waals surface area contributed by atoms with Gasteiger partial charge >= 0.3 is 0 Å². The van der Waals surface area contributed by atoms with Crippen LogP contribution in [0.1, 0.15) is 16.8 Å². The smallest absolute Gasteiger partial charge is 0.227 e. The molecule has 1 N–H and O–H groups in total. The van der Waals surface area contributed by atoms with Crippen molar-refractivity contribution in [3.8, 4) is 0 Å². The summed E-state index contributed by atoms with van der Waals surface area (Å²) in [5.41, 5.74) is 4.20. The normalized spacial score (nSPS) is 14.1. The molecule has 0 radical (unpaired) electrons. The SMILES string of the molecule is Fc1cccc(CN2CCc3nc(Nc4ccccc4)ncc3C2)c1. The van der Waals surface area contributed by atoms with Crippen molar-refractivity contribution in [1.29, 1.82) is 0 Å². The van der Waals surface area contributed by atoms with Crippen molar-refractivity contribution in [1.82, 2.24) is 14.9 Å². The van der Waals surface area contributed by atoms with Crippen LogP contribution in [0.4, 0.5) is 16.0 Å². The minimum absolute atomic E-state index is 0.185. The van der Waals surface area contributed by atoms with Gasteiger partial charge in [0.15, 0.2) is 0 Å². The lowest BCUT2D eigenvalue weighted by Crippen LogP contribution is -2.31. The highest BCUT2D eigenvalue weighted by Gasteiger charge is 2.18. The van der Waals surface area contributed by atoms with Crippen molar-refractivity contribution in [2.45, 2.75) is 19.5 Å². The second-order valence-electron chi connectivity index (χ2n) is 6.25. The van der Waals surface area contributed by atoms with Gasteiger partial charge in [0.05, 0.1) is 5.69 Å². The van der Waals surface area contributed by atoms with Crippen molar-refractivity contribution in [2.75, 3.05) is 11.9 Å². The summed E-state index contributed by atoms with van der Waals surface area (Å²) in [6.45, 7) is 2.43. The summed E-state index contributed by atoms with van der Waals surface area (Å²) < 4.78 is 13.3. The molecular weight excluding hydrogens is 315 g/mol. The zero-order chi connectivity index (χ0) is 17.1. The van der Waals surface area contributed by atoms with Gasteiger partial charge in [0.2, 0.25) is 5.95 Å². The van der Waals surface area contributed by atoms with Crippen molar-refractivity contribution < 1.29 is 4.39 Å². The molecule has 4 rings (SSSR count). The second kappa shape index (κ2) is 6.99. The van der Waals surface area contributed by atoms with Crippen LogP contribution in [-0.4, -0.2) is 21.4 Å². The predicted octanol–water partition coefficient (Wildman–Crippen LogP) is 3.92. The lowest BCUT2D eigenvalue weighted by Gasteiger charge is -2.28. The Kier molecular flexibility index (Phi) is 4.39. The molecule has 2 heterocycles. The summed E-state index contributed by atoms with van der Waals surface area (Å²) in [5.74, 6) is 0.443. The molecule has 0 unspecified atom stereocenters. The third kappa shape index (κ3) is 3.83. The van der Waals surface area contributed by atoms with E-state index in [9.17, 15) is 4.39 Å². The Morgan fingerprint density at radius 3 is 2.80 bits per heavy atom. The van der Waals surface area contributed by atoms with E-state index in [1.54, 1.807) is 12.1 Å². The van der Waals surface area contributed by atoms with Gasteiger partial charge in [0.25, 0.3) is 0 Å². The highest BCUT2D eigenvalue weighted by molar-refractivity contribution is 5.52. The predicted molar refractivity (Wildman–Crippen MR) is 96.0 cm³/mol. The summed E-state index contributed by atoms with van der Waals surface area (Å²) in [7, 11) is 0. The van der Waals surface area contributed by atoms with E-state index in [-0.39, 0.29) is 5.82 Å². The minimum atomic E-state index is -0.185. The molecule has 0 aliphatic carbocycles.